The number of aliphatic hydroxyl groups is 1. The summed E-state index contributed by atoms with van der Waals surface area (Å²) in [6.45, 7) is 2.64. The maximum Gasteiger partial charge on any atom is 0.365 e. The Labute approximate surface area is 171 Å². The van der Waals surface area contributed by atoms with Gasteiger partial charge >= 0.3 is 11.9 Å². The first-order valence-corrected chi connectivity index (χ1v) is 11.1. The third kappa shape index (κ3) is 9.87. The van der Waals surface area contributed by atoms with Crippen LogP contribution in [0.25, 0.3) is 0 Å². The third-order valence-electron chi connectivity index (χ3n) is 6.16. The zero-order valence-electron chi connectivity index (χ0n) is 18.4. The summed E-state index contributed by atoms with van der Waals surface area (Å²) in [6, 6.07) is 0. The minimum absolute atomic E-state index is 0.0310. The van der Waals surface area contributed by atoms with Crippen LogP contribution in [-0.4, -0.2) is 64.5 Å². The highest BCUT2D eigenvalue weighted by Crippen LogP contribution is 2.31. The fourth-order valence-corrected chi connectivity index (χ4v) is 4.09. The summed E-state index contributed by atoms with van der Waals surface area (Å²) in [7, 11) is 3.70. The highest BCUT2D eigenvalue weighted by molar-refractivity contribution is 5.78. The van der Waals surface area contributed by atoms with Gasteiger partial charge in [0.1, 0.15) is 0 Å². The Bertz CT molecular complexity index is 439. The summed E-state index contributed by atoms with van der Waals surface area (Å²) in [5.74, 6) is -2.02. The smallest absolute Gasteiger partial charge is 0.365 e. The minimum Gasteiger partial charge on any atom is -0.481 e. The number of carbonyl (C=O) groups is 2. The number of hydrogen-bond donors (Lipinski definition) is 3. The third-order valence-corrected chi connectivity index (χ3v) is 6.16. The number of aliphatic carboxylic acids is 2. The lowest BCUT2D eigenvalue weighted by molar-refractivity contribution is -0.933. The Morgan fingerprint density at radius 1 is 0.786 bits per heavy atom. The molecule has 6 nitrogen and oxygen atoms in total. The second-order valence-electron chi connectivity index (χ2n) is 8.65. The largest absolute Gasteiger partial charge is 0.481 e. The van der Waals surface area contributed by atoms with Gasteiger partial charge in [0.2, 0.25) is 0 Å². The van der Waals surface area contributed by atoms with Crippen LogP contribution in [0.1, 0.15) is 96.8 Å². The van der Waals surface area contributed by atoms with Gasteiger partial charge in [-0.3, -0.25) is 4.79 Å². The summed E-state index contributed by atoms with van der Waals surface area (Å²) in [6.07, 6.45) is 13.5. The molecule has 166 valence electrons. The summed E-state index contributed by atoms with van der Waals surface area (Å²) in [5.41, 5.74) is -1.26. The average Bonchev–Trinajstić information content (AvgIpc) is 2.62. The molecule has 6 heteroatoms. The summed E-state index contributed by atoms with van der Waals surface area (Å²) in [5, 5.41) is 28.3. The summed E-state index contributed by atoms with van der Waals surface area (Å²) < 4.78 is 0.202. The number of unbranched alkanes of at least 4 members (excludes halogenated alkanes) is 10. The van der Waals surface area contributed by atoms with E-state index in [-0.39, 0.29) is 30.4 Å². The van der Waals surface area contributed by atoms with Crippen LogP contribution in [0.4, 0.5) is 0 Å². The molecule has 0 aromatic rings. The number of likely N-dealkylation sites (N-methyl/N-ethyl adjacent to an activating group) is 1. The summed E-state index contributed by atoms with van der Waals surface area (Å²) in [4.78, 5) is 23.0. The van der Waals surface area contributed by atoms with Crippen LogP contribution >= 0.6 is 0 Å². The van der Waals surface area contributed by atoms with Gasteiger partial charge in [-0.2, -0.15) is 0 Å². The van der Waals surface area contributed by atoms with Crippen LogP contribution in [-0.2, 0) is 9.59 Å². The van der Waals surface area contributed by atoms with Crippen molar-refractivity contribution in [2.75, 3.05) is 27.2 Å². The number of carboxylic acid groups (broad SMARTS) is 2. The lowest BCUT2D eigenvalue weighted by atomic mass is 9.85. The quantitative estimate of drug-likeness (QED) is 0.219. The molecule has 3 N–H and O–H groups in total. The highest BCUT2D eigenvalue weighted by Gasteiger charge is 2.51. The second kappa shape index (κ2) is 14.8. The van der Waals surface area contributed by atoms with Gasteiger partial charge in [0.15, 0.2) is 5.54 Å². The Morgan fingerprint density at radius 2 is 1.25 bits per heavy atom. The first-order chi connectivity index (χ1) is 13.2. The lowest BCUT2D eigenvalue weighted by Gasteiger charge is -2.45. The molecule has 0 aromatic carbocycles. The number of rotatable bonds is 19. The fourth-order valence-electron chi connectivity index (χ4n) is 4.09. The van der Waals surface area contributed by atoms with Crippen molar-refractivity contribution < 1.29 is 29.4 Å². The Balaban J connectivity index is 4.34. The number of hydrogen-bond acceptors (Lipinski definition) is 3. The molecule has 0 aliphatic rings. The standard InChI is InChI=1S/C22H43NO5/c1-4-5-6-7-8-9-10-11-12-13-14-18-23(2,3)22(17-19-24,21(27)28)16-15-20(25)26/h24H,4-19H2,1-3H3,(H-,25,26,27,28)/p+1. The van der Waals surface area contributed by atoms with E-state index in [2.05, 4.69) is 6.92 Å². The first kappa shape index (κ1) is 26.9. The van der Waals surface area contributed by atoms with E-state index in [9.17, 15) is 19.8 Å². The van der Waals surface area contributed by atoms with Crippen LogP contribution in [0.2, 0.25) is 0 Å². The van der Waals surface area contributed by atoms with Crippen LogP contribution < -0.4 is 0 Å². The minimum atomic E-state index is -1.26. The molecule has 0 aliphatic carbocycles. The van der Waals surface area contributed by atoms with Crippen molar-refractivity contribution in [2.24, 2.45) is 0 Å². The number of quaternary nitrogens is 1. The molecule has 0 aromatic heterocycles. The van der Waals surface area contributed by atoms with Crippen LogP contribution in [0, 0.1) is 0 Å². The van der Waals surface area contributed by atoms with Crippen LogP contribution in [0.15, 0.2) is 0 Å². The lowest BCUT2D eigenvalue weighted by Crippen LogP contribution is -2.65. The molecule has 0 radical (unpaired) electrons. The molecule has 0 spiro atoms. The van der Waals surface area contributed by atoms with Gasteiger partial charge in [0.05, 0.1) is 27.1 Å². The predicted molar refractivity (Wildman–Crippen MR) is 112 cm³/mol. The maximum atomic E-state index is 12.1. The van der Waals surface area contributed by atoms with Gasteiger partial charge in [0, 0.05) is 19.4 Å². The maximum absolute atomic E-state index is 12.1. The van der Waals surface area contributed by atoms with Gasteiger partial charge in [0.25, 0.3) is 0 Å². The van der Waals surface area contributed by atoms with Crippen LogP contribution in [0.3, 0.4) is 0 Å². The summed E-state index contributed by atoms with van der Waals surface area (Å²) >= 11 is 0. The molecule has 0 heterocycles. The molecule has 0 aliphatic heterocycles. The van der Waals surface area contributed by atoms with E-state index in [1.54, 1.807) is 0 Å². The van der Waals surface area contributed by atoms with E-state index in [0.717, 1.165) is 19.3 Å². The van der Waals surface area contributed by atoms with E-state index < -0.39 is 17.5 Å². The normalized spacial score (nSPS) is 14.0. The highest BCUT2D eigenvalue weighted by atomic mass is 16.4. The van der Waals surface area contributed by atoms with Gasteiger partial charge in [-0.1, -0.05) is 64.7 Å². The monoisotopic (exact) mass is 402 g/mol. The molecular formula is C22H44NO5+. The first-order valence-electron chi connectivity index (χ1n) is 11.1. The fraction of sp³-hybridized carbons (Fsp3) is 0.909. The number of carboxylic acids is 2. The second-order valence-corrected chi connectivity index (χ2v) is 8.65. The Morgan fingerprint density at radius 3 is 1.64 bits per heavy atom. The van der Waals surface area contributed by atoms with E-state index in [4.69, 9.17) is 5.11 Å². The van der Waals surface area contributed by atoms with Crippen molar-refractivity contribution in [1.29, 1.82) is 0 Å². The van der Waals surface area contributed by atoms with Crippen molar-refractivity contribution >= 4 is 11.9 Å². The predicted octanol–water partition coefficient (Wildman–Crippen LogP) is 4.44. The van der Waals surface area contributed by atoms with Gasteiger partial charge in [-0.25, -0.2) is 4.79 Å². The number of aliphatic hydroxyl groups excluding tert-OH is 1. The molecule has 0 fully saturated rings. The molecule has 0 saturated carbocycles. The van der Waals surface area contributed by atoms with Crippen molar-refractivity contribution in [2.45, 2.75) is 102 Å². The van der Waals surface area contributed by atoms with Crippen LogP contribution in [0.5, 0.6) is 0 Å². The number of nitrogens with zero attached hydrogens (tertiary/aromatic N) is 1. The molecule has 0 bridgehead atoms. The van der Waals surface area contributed by atoms with Gasteiger partial charge in [-0.15, -0.1) is 0 Å². The SMILES string of the molecule is CCCCCCCCCCCCC[N+](C)(C)C(CCO)(CCC(=O)O)C(=O)O. The van der Waals surface area contributed by atoms with E-state index in [1.165, 1.54) is 51.4 Å². The topological polar surface area (TPSA) is 94.8 Å². The van der Waals surface area contributed by atoms with Crippen molar-refractivity contribution in [3.05, 3.63) is 0 Å². The molecule has 0 rings (SSSR count). The zero-order chi connectivity index (χ0) is 21.5. The molecular weight excluding hydrogens is 358 g/mol. The van der Waals surface area contributed by atoms with Crippen molar-refractivity contribution in [3.8, 4) is 0 Å². The van der Waals surface area contributed by atoms with E-state index in [1.807, 2.05) is 14.1 Å². The van der Waals surface area contributed by atoms with Gasteiger partial charge < -0.3 is 19.8 Å². The van der Waals surface area contributed by atoms with Gasteiger partial charge in [-0.05, 0) is 12.8 Å². The Kier molecular flexibility index (Phi) is 14.2. The Hall–Kier alpha value is -1.14. The van der Waals surface area contributed by atoms with E-state index in [0.29, 0.717) is 6.54 Å². The molecule has 0 amide bonds. The molecule has 28 heavy (non-hydrogen) atoms. The van der Waals surface area contributed by atoms with Crippen molar-refractivity contribution in [1.82, 2.24) is 0 Å². The molecule has 1 unspecified atom stereocenters. The van der Waals surface area contributed by atoms with Crippen molar-refractivity contribution in [3.63, 3.8) is 0 Å². The zero-order valence-corrected chi connectivity index (χ0v) is 18.4. The average molecular weight is 403 g/mol. The molecule has 1 atom stereocenters. The van der Waals surface area contributed by atoms with E-state index >= 15 is 0 Å². The molecule has 0 saturated heterocycles.